The van der Waals surface area contributed by atoms with E-state index in [2.05, 4.69) is 0 Å². The third-order valence-corrected chi connectivity index (χ3v) is 4.58. The Morgan fingerprint density at radius 1 is 0.889 bits per heavy atom. The first-order chi connectivity index (χ1) is 11.9. The predicted molar refractivity (Wildman–Crippen MR) is 69.8 cm³/mol. The van der Waals surface area contributed by atoms with Gasteiger partial charge in [0.25, 0.3) is 10.0 Å². The first kappa shape index (κ1) is 23.0. The molecule has 1 atom stereocenters. The molecule has 1 aromatic rings. The summed E-state index contributed by atoms with van der Waals surface area (Å²) in [4.78, 5) is 11.0. The molecule has 2 N–H and O–H groups in total. The lowest BCUT2D eigenvalue weighted by atomic mass is 10.1. The summed E-state index contributed by atoms with van der Waals surface area (Å²) >= 11 is 0. The van der Waals surface area contributed by atoms with E-state index in [4.69, 9.17) is 5.11 Å². The van der Waals surface area contributed by atoms with Crippen LogP contribution in [-0.2, 0) is 14.8 Å². The minimum absolute atomic E-state index is 0.521. The maximum Gasteiger partial charge on any atom is 0.460 e. The normalized spacial score (nSPS) is 15.4. The molecule has 0 aliphatic carbocycles. The lowest BCUT2D eigenvalue weighted by molar-refractivity contribution is -0.382. The molecule has 0 heterocycles. The van der Waals surface area contributed by atoms with Crippen molar-refractivity contribution in [3.8, 4) is 0 Å². The molecule has 27 heavy (non-hydrogen) atoms. The molecule has 0 aliphatic heterocycles. The molecule has 0 bridgehead atoms. The van der Waals surface area contributed by atoms with Gasteiger partial charge in [0, 0.05) is 0 Å². The number of carbonyl (C=O) groups is 1. The Morgan fingerprint density at radius 2 is 1.33 bits per heavy atom. The highest BCUT2D eigenvalue weighted by molar-refractivity contribution is 7.90. The molecule has 0 saturated heterocycles. The molecular formula is C12H8F9NO4S. The minimum atomic E-state index is -7.45. The smallest absolute Gasteiger partial charge is 0.460 e. The summed E-state index contributed by atoms with van der Waals surface area (Å²) in [6.07, 6.45) is -7.22. The Morgan fingerprint density at radius 3 is 1.70 bits per heavy atom. The molecule has 154 valence electrons. The zero-order valence-electron chi connectivity index (χ0n) is 12.4. The predicted octanol–water partition coefficient (Wildman–Crippen LogP) is 3.16. The molecule has 0 spiro atoms. The van der Waals surface area contributed by atoms with E-state index in [1.807, 2.05) is 0 Å². The van der Waals surface area contributed by atoms with Crippen molar-refractivity contribution in [2.75, 3.05) is 0 Å². The molecule has 0 aliphatic rings. The summed E-state index contributed by atoms with van der Waals surface area (Å²) in [5.41, 5.74) is -0.588. The van der Waals surface area contributed by atoms with E-state index in [1.54, 1.807) is 0 Å². The summed E-state index contributed by atoms with van der Waals surface area (Å²) in [6, 6.07) is 2.47. The SMILES string of the molecule is O=C(O)C(NS(=O)(=O)C(F)(F)C(F)(F)C(F)(F)C(F)(F)F)c1ccccc1. The van der Waals surface area contributed by atoms with E-state index in [9.17, 15) is 52.7 Å². The minimum Gasteiger partial charge on any atom is -0.480 e. The van der Waals surface area contributed by atoms with Crippen LogP contribution in [0, 0.1) is 0 Å². The van der Waals surface area contributed by atoms with Crippen molar-refractivity contribution in [3.05, 3.63) is 35.9 Å². The second-order valence-corrected chi connectivity index (χ2v) is 6.72. The van der Waals surface area contributed by atoms with Crippen molar-refractivity contribution in [1.82, 2.24) is 4.72 Å². The van der Waals surface area contributed by atoms with Crippen LogP contribution >= 0.6 is 0 Å². The van der Waals surface area contributed by atoms with E-state index in [1.165, 1.54) is 6.07 Å². The van der Waals surface area contributed by atoms with Crippen LogP contribution in [0.3, 0.4) is 0 Å². The fraction of sp³-hybridized carbons (Fsp3) is 0.417. The van der Waals surface area contributed by atoms with Gasteiger partial charge in [-0.05, 0) is 5.56 Å². The van der Waals surface area contributed by atoms with Crippen LogP contribution in [0.5, 0.6) is 0 Å². The fourth-order valence-electron chi connectivity index (χ4n) is 1.67. The van der Waals surface area contributed by atoms with Crippen LogP contribution in [0.2, 0.25) is 0 Å². The Bertz CT molecular complexity index is 793. The Hall–Kier alpha value is -2.03. The molecule has 15 heteroatoms. The zero-order chi connectivity index (χ0) is 21.5. The Kier molecular flexibility index (Phi) is 5.84. The van der Waals surface area contributed by atoms with Crippen LogP contribution in [0.4, 0.5) is 39.5 Å². The molecule has 1 rings (SSSR count). The van der Waals surface area contributed by atoms with E-state index in [0.29, 0.717) is 4.72 Å². The van der Waals surface area contributed by atoms with E-state index in [0.717, 1.165) is 24.3 Å². The second-order valence-electron chi connectivity index (χ2n) is 4.97. The van der Waals surface area contributed by atoms with Gasteiger partial charge >= 0.3 is 29.2 Å². The number of hydrogen-bond donors (Lipinski definition) is 2. The Labute approximate surface area is 144 Å². The number of halogens is 9. The van der Waals surface area contributed by atoms with Gasteiger partial charge in [-0.25, -0.2) is 8.42 Å². The van der Waals surface area contributed by atoms with Crippen molar-refractivity contribution in [2.24, 2.45) is 0 Å². The number of aliphatic carboxylic acids is 1. The fourth-order valence-corrected chi connectivity index (χ4v) is 2.83. The topological polar surface area (TPSA) is 83.5 Å². The standard InChI is InChI=1S/C12H8F9NO4S/c13-9(14,11(17,18)19)10(15,16)12(20,21)27(25,26)22-7(8(23)24)6-4-2-1-3-5-6/h1-5,7,22H,(H,23,24). The highest BCUT2D eigenvalue weighted by Gasteiger charge is 2.85. The van der Waals surface area contributed by atoms with Gasteiger partial charge in [-0.1, -0.05) is 30.3 Å². The number of nitrogens with one attached hydrogen (secondary N) is 1. The number of hydrogen-bond acceptors (Lipinski definition) is 3. The molecule has 0 aromatic heterocycles. The first-order valence-corrected chi connectivity index (χ1v) is 7.88. The van der Waals surface area contributed by atoms with Crippen LogP contribution in [0.1, 0.15) is 11.6 Å². The highest BCUT2D eigenvalue weighted by atomic mass is 32.2. The van der Waals surface area contributed by atoms with Crippen molar-refractivity contribution in [2.45, 2.75) is 29.3 Å². The van der Waals surface area contributed by atoms with Crippen LogP contribution in [-0.4, -0.2) is 42.8 Å². The number of sulfonamides is 1. The van der Waals surface area contributed by atoms with Crippen molar-refractivity contribution in [1.29, 1.82) is 0 Å². The third kappa shape index (κ3) is 3.83. The van der Waals surface area contributed by atoms with Crippen LogP contribution < -0.4 is 4.72 Å². The number of carboxylic acid groups (broad SMARTS) is 1. The van der Waals surface area contributed by atoms with Gasteiger partial charge in [0.1, 0.15) is 6.04 Å². The van der Waals surface area contributed by atoms with E-state index >= 15 is 0 Å². The van der Waals surface area contributed by atoms with Gasteiger partial charge in [0.05, 0.1) is 0 Å². The Balaban J connectivity index is 3.41. The van der Waals surface area contributed by atoms with Crippen LogP contribution in [0.15, 0.2) is 30.3 Å². The van der Waals surface area contributed by atoms with Crippen molar-refractivity contribution >= 4 is 16.0 Å². The molecule has 0 amide bonds. The summed E-state index contributed by atoms with van der Waals surface area (Å²) in [7, 11) is -7.05. The number of alkyl halides is 9. The van der Waals surface area contributed by atoms with Gasteiger partial charge in [-0.15, -0.1) is 0 Å². The number of carboxylic acids is 1. The number of rotatable bonds is 7. The maximum atomic E-state index is 13.6. The average molecular weight is 433 g/mol. The molecular weight excluding hydrogens is 425 g/mol. The molecule has 5 nitrogen and oxygen atoms in total. The summed E-state index contributed by atoms with van der Waals surface area (Å²) in [5, 5.41) is 1.83. The van der Waals surface area contributed by atoms with E-state index in [-0.39, 0.29) is 0 Å². The third-order valence-electron chi connectivity index (χ3n) is 3.11. The summed E-state index contributed by atoms with van der Waals surface area (Å²) in [6.45, 7) is 0. The molecule has 1 unspecified atom stereocenters. The van der Waals surface area contributed by atoms with Crippen molar-refractivity contribution < 1.29 is 57.8 Å². The lowest BCUT2D eigenvalue weighted by Gasteiger charge is -2.33. The summed E-state index contributed by atoms with van der Waals surface area (Å²) in [5.74, 6) is -17.1. The second kappa shape index (κ2) is 6.85. The zero-order valence-corrected chi connectivity index (χ0v) is 13.3. The van der Waals surface area contributed by atoms with Gasteiger partial charge < -0.3 is 5.11 Å². The monoisotopic (exact) mass is 433 g/mol. The number of benzene rings is 1. The van der Waals surface area contributed by atoms with Crippen molar-refractivity contribution in [3.63, 3.8) is 0 Å². The highest BCUT2D eigenvalue weighted by Crippen LogP contribution is 2.54. The average Bonchev–Trinajstić information content (AvgIpc) is 2.51. The van der Waals surface area contributed by atoms with E-state index < -0.39 is 50.9 Å². The molecule has 0 radical (unpaired) electrons. The first-order valence-electron chi connectivity index (χ1n) is 6.40. The quantitative estimate of drug-likeness (QED) is 0.648. The van der Waals surface area contributed by atoms with Crippen LogP contribution in [0.25, 0.3) is 0 Å². The molecule has 0 fully saturated rings. The van der Waals surface area contributed by atoms with Gasteiger partial charge in [-0.2, -0.15) is 44.2 Å². The van der Waals surface area contributed by atoms with Gasteiger partial charge in [-0.3, -0.25) is 4.79 Å². The van der Waals surface area contributed by atoms with Gasteiger partial charge in [0.15, 0.2) is 0 Å². The largest absolute Gasteiger partial charge is 0.480 e. The summed E-state index contributed by atoms with van der Waals surface area (Å²) < 4.78 is 139. The molecule has 0 saturated carbocycles. The lowest BCUT2D eigenvalue weighted by Crippen LogP contribution is -2.65. The maximum absolute atomic E-state index is 13.6. The van der Waals surface area contributed by atoms with Gasteiger partial charge in [0.2, 0.25) is 0 Å². The molecule has 1 aromatic carbocycles.